The van der Waals surface area contributed by atoms with Gasteiger partial charge < -0.3 is 9.64 Å². The maximum atomic E-state index is 14.0. The van der Waals surface area contributed by atoms with Crippen LogP contribution in [0.1, 0.15) is 5.56 Å². The Morgan fingerprint density at radius 3 is 2.32 bits per heavy atom. The normalized spacial score (nSPS) is 15.2. The Kier molecular flexibility index (Phi) is 3.75. The summed E-state index contributed by atoms with van der Waals surface area (Å²) < 4.78 is 33.7. The molecule has 1 aliphatic heterocycles. The van der Waals surface area contributed by atoms with Crippen LogP contribution >= 0.6 is 15.9 Å². The Bertz CT molecular complexity index is 584. The molecular formula is C14H12BrF2NO. The van der Waals surface area contributed by atoms with E-state index < -0.39 is 11.6 Å². The highest BCUT2D eigenvalue weighted by atomic mass is 79.9. The predicted molar refractivity (Wildman–Crippen MR) is 74.8 cm³/mol. The highest BCUT2D eigenvalue weighted by molar-refractivity contribution is 9.12. The fourth-order valence-corrected chi connectivity index (χ4v) is 2.23. The average molecular weight is 328 g/mol. The first-order valence-electron chi connectivity index (χ1n) is 5.49. The SMILES string of the molecule is C=C1C(Br)=CC=C(c2c(F)cc(OC)cc2F)N1C. The van der Waals surface area contributed by atoms with Crippen LogP contribution in [0.25, 0.3) is 5.70 Å². The van der Waals surface area contributed by atoms with Gasteiger partial charge in [-0.25, -0.2) is 8.78 Å². The molecule has 0 saturated heterocycles. The van der Waals surface area contributed by atoms with E-state index in [2.05, 4.69) is 22.5 Å². The number of methoxy groups -OCH3 is 1. The van der Waals surface area contributed by atoms with Crippen molar-refractivity contribution in [2.75, 3.05) is 14.2 Å². The van der Waals surface area contributed by atoms with Crippen molar-refractivity contribution in [2.45, 2.75) is 0 Å². The molecule has 0 amide bonds. The topological polar surface area (TPSA) is 12.5 Å². The molecule has 1 aromatic carbocycles. The summed E-state index contributed by atoms with van der Waals surface area (Å²) in [6.45, 7) is 3.85. The lowest BCUT2D eigenvalue weighted by molar-refractivity contribution is 0.406. The molecule has 2 rings (SSSR count). The monoisotopic (exact) mass is 327 g/mol. The molecule has 0 bridgehead atoms. The van der Waals surface area contributed by atoms with E-state index in [0.29, 0.717) is 11.4 Å². The van der Waals surface area contributed by atoms with Crippen LogP contribution in [0.3, 0.4) is 0 Å². The average Bonchev–Trinajstić information content (AvgIpc) is 2.37. The fraction of sp³-hybridized carbons (Fsp3) is 0.143. The van der Waals surface area contributed by atoms with E-state index in [1.807, 2.05) is 0 Å². The van der Waals surface area contributed by atoms with Crippen LogP contribution in [-0.2, 0) is 0 Å². The number of hydrogen-bond donors (Lipinski definition) is 0. The summed E-state index contributed by atoms with van der Waals surface area (Å²) in [5.74, 6) is -1.20. The van der Waals surface area contributed by atoms with Crippen molar-refractivity contribution < 1.29 is 13.5 Å². The summed E-state index contributed by atoms with van der Waals surface area (Å²) in [5, 5.41) is 0. The number of ether oxygens (including phenoxy) is 1. The zero-order valence-corrected chi connectivity index (χ0v) is 12.1. The predicted octanol–water partition coefficient (Wildman–Crippen LogP) is 4.05. The standard InChI is InChI=1S/C14H12BrF2NO/c1-8-10(15)4-5-13(18(8)2)14-11(16)6-9(19-3)7-12(14)17/h4-7H,1H2,2-3H3. The molecule has 0 aromatic heterocycles. The van der Waals surface area contributed by atoms with Gasteiger partial charge in [0.1, 0.15) is 17.4 Å². The molecule has 0 atom stereocenters. The summed E-state index contributed by atoms with van der Waals surface area (Å²) >= 11 is 3.32. The zero-order valence-electron chi connectivity index (χ0n) is 10.5. The summed E-state index contributed by atoms with van der Waals surface area (Å²) in [7, 11) is 3.06. The van der Waals surface area contributed by atoms with Crippen molar-refractivity contribution >= 4 is 21.6 Å². The molecule has 0 saturated carbocycles. The molecular weight excluding hydrogens is 316 g/mol. The van der Waals surface area contributed by atoms with Crippen molar-refractivity contribution in [1.82, 2.24) is 4.90 Å². The molecule has 1 aliphatic rings. The van der Waals surface area contributed by atoms with Gasteiger partial charge in [0.15, 0.2) is 0 Å². The molecule has 0 N–H and O–H groups in total. The van der Waals surface area contributed by atoms with Crippen LogP contribution in [-0.4, -0.2) is 19.1 Å². The lowest BCUT2D eigenvalue weighted by atomic mass is 10.1. The van der Waals surface area contributed by atoms with Gasteiger partial charge in [-0.2, -0.15) is 0 Å². The summed E-state index contributed by atoms with van der Waals surface area (Å²) in [6, 6.07) is 2.31. The second-order valence-electron chi connectivity index (χ2n) is 4.04. The van der Waals surface area contributed by atoms with Gasteiger partial charge in [0.2, 0.25) is 0 Å². The van der Waals surface area contributed by atoms with Gasteiger partial charge in [0.25, 0.3) is 0 Å². The molecule has 1 aromatic rings. The van der Waals surface area contributed by atoms with E-state index in [4.69, 9.17) is 4.74 Å². The molecule has 0 fully saturated rings. The molecule has 2 nitrogen and oxygen atoms in total. The number of nitrogens with zero attached hydrogens (tertiary/aromatic N) is 1. The van der Waals surface area contributed by atoms with Gasteiger partial charge in [-0.05, 0) is 28.1 Å². The number of likely N-dealkylation sites (N-methyl/N-ethyl adjacent to an activating group) is 1. The molecule has 0 spiro atoms. The van der Waals surface area contributed by atoms with Crippen LogP contribution in [0, 0.1) is 11.6 Å². The van der Waals surface area contributed by atoms with Crippen molar-refractivity contribution in [3.8, 4) is 5.75 Å². The van der Waals surface area contributed by atoms with Crippen LogP contribution in [0.15, 0.2) is 41.0 Å². The third-order valence-electron chi connectivity index (χ3n) is 2.94. The molecule has 19 heavy (non-hydrogen) atoms. The van der Waals surface area contributed by atoms with Gasteiger partial charge in [-0.1, -0.05) is 6.58 Å². The van der Waals surface area contributed by atoms with Crippen molar-refractivity contribution in [3.05, 3.63) is 58.2 Å². The minimum absolute atomic E-state index is 0.0966. The molecule has 5 heteroatoms. The number of allylic oxidation sites excluding steroid dienone is 3. The third-order valence-corrected chi connectivity index (χ3v) is 3.66. The first-order valence-corrected chi connectivity index (χ1v) is 6.29. The van der Waals surface area contributed by atoms with E-state index in [1.54, 1.807) is 24.1 Å². The fourth-order valence-electron chi connectivity index (χ4n) is 1.83. The van der Waals surface area contributed by atoms with Gasteiger partial charge >= 0.3 is 0 Å². The minimum Gasteiger partial charge on any atom is -0.497 e. The molecule has 0 radical (unpaired) electrons. The maximum absolute atomic E-state index is 14.0. The van der Waals surface area contributed by atoms with E-state index >= 15 is 0 Å². The van der Waals surface area contributed by atoms with E-state index in [-0.39, 0.29) is 11.3 Å². The molecule has 0 aliphatic carbocycles. The maximum Gasteiger partial charge on any atom is 0.139 e. The van der Waals surface area contributed by atoms with Crippen molar-refractivity contribution in [2.24, 2.45) is 0 Å². The molecule has 1 heterocycles. The Morgan fingerprint density at radius 2 is 1.79 bits per heavy atom. The smallest absolute Gasteiger partial charge is 0.139 e. The van der Waals surface area contributed by atoms with Gasteiger partial charge in [-0.15, -0.1) is 0 Å². The molecule has 0 unspecified atom stereocenters. The highest BCUT2D eigenvalue weighted by Crippen LogP contribution is 2.35. The van der Waals surface area contributed by atoms with Crippen molar-refractivity contribution in [1.29, 1.82) is 0 Å². The summed E-state index contributed by atoms with van der Waals surface area (Å²) in [5.41, 5.74) is 0.943. The Morgan fingerprint density at radius 1 is 1.21 bits per heavy atom. The second-order valence-corrected chi connectivity index (χ2v) is 4.89. The van der Waals surface area contributed by atoms with Crippen LogP contribution in [0.4, 0.5) is 8.78 Å². The van der Waals surface area contributed by atoms with Crippen LogP contribution in [0.5, 0.6) is 5.75 Å². The quantitative estimate of drug-likeness (QED) is 0.812. The van der Waals surface area contributed by atoms with Gasteiger partial charge in [0, 0.05) is 29.4 Å². The third kappa shape index (κ3) is 2.42. The Labute approximate surface area is 118 Å². The largest absolute Gasteiger partial charge is 0.497 e. The van der Waals surface area contributed by atoms with E-state index in [0.717, 1.165) is 16.6 Å². The minimum atomic E-state index is -0.672. The summed E-state index contributed by atoms with van der Waals surface area (Å²) in [4.78, 5) is 1.62. The molecule has 100 valence electrons. The summed E-state index contributed by atoms with van der Waals surface area (Å²) in [6.07, 6.45) is 3.34. The van der Waals surface area contributed by atoms with Gasteiger partial charge in [-0.3, -0.25) is 0 Å². The Hall–Kier alpha value is -1.62. The van der Waals surface area contributed by atoms with Gasteiger partial charge in [0.05, 0.1) is 18.4 Å². The number of benzene rings is 1. The van der Waals surface area contributed by atoms with Crippen molar-refractivity contribution in [3.63, 3.8) is 0 Å². The number of halogens is 3. The zero-order chi connectivity index (χ0) is 14.2. The number of hydrogen-bond acceptors (Lipinski definition) is 2. The first kappa shape index (κ1) is 13.8. The van der Waals surface area contributed by atoms with E-state index in [9.17, 15) is 8.78 Å². The Balaban J connectivity index is 2.57. The number of rotatable bonds is 2. The van der Waals surface area contributed by atoms with Crippen LogP contribution in [0.2, 0.25) is 0 Å². The first-order chi connectivity index (χ1) is 8.95. The second kappa shape index (κ2) is 5.17. The lowest BCUT2D eigenvalue weighted by Crippen LogP contribution is -2.19. The lowest BCUT2D eigenvalue weighted by Gasteiger charge is -2.28. The highest BCUT2D eigenvalue weighted by Gasteiger charge is 2.22. The van der Waals surface area contributed by atoms with E-state index in [1.165, 1.54) is 7.11 Å². The van der Waals surface area contributed by atoms with Crippen LogP contribution < -0.4 is 4.74 Å².